The summed E-state index contributed by atoms with van der Waals surface area (Å²) in [6.07, 6.45) is 10.1. The van der Waals surface area contributed by atoms with E-state index in [4.69, 9.17) is 53.4 Å². The minimum atomic E-state index is -2.99. The first-order valence-electron chi connectivity index (χ1n) is 36.9. The lowest BCUT2D eigenvalue weighted by atomic mass is 10.2. The molecule has 0 aliphatic heterocycles. The van der Waals surface area contributed by atoms with Crippen molar-refractivity contribution in [1.82, 2.24) is 74.7 Å². The highest BCUT2D eigenvalue weighted by Crippen LogP contribution is 2.36. The van der Waals surface area contributed by atoms with Crippen molar-refractivity contribution in [3.05, 3.63) is 114 Å². The number of hydrogen-bond acceptors (Lipinski definition) is 23. The number of aromatic nitrogens is 12. The molecule has 0 spiro atoms. The number of nitrogens with one attached hydrogen (secondary N) is 6. The molecule has 6 fully saturated rings. The highest BCUT2D eigenvalue weighted by atomic mass is 35.5. The number of carbonyl (C=O) groups is 5. The summed E-state index contributed by atoms with van der Waals surface area (Å²) >= 11 is 6.02. The van der Waals surface area contributed by atoms with E-state index in [9.17, 15) is 37.1 Å². The molecule has 31 nitrogen and oxygen atoms in total. The summed E-state index contributed by atoms with van der Waals surface area (Å²) in [5, 5.41) is 28.2. The van der Waals surface area contributed by atoms with Gasteiger partial charge >= 0.3 is 12.2 Å². The van der Waals surface area contributed by atoms with Crippen LogP contribution < -0.4 is 61.6 Å². The molecule has 5 amide bonds. The first-order chi connectivity index (χ1) is 52.2. The first kappa shape index (κ1) is 59.8. The lowest BCUT2D eigenvalue weighted by Gasteiger charge is -2.25. The number of halogens is 4. The molecular formula is C67H77ClF3N21O10. The van der Waals surface area contributed by atoms with Gasteiger partial charge < -0.3 is 61.3 Å². The number of amides is 5. The third-order valence-corrected chi connectivity index (χ3v) is 15.4. The summed E-state index contributed by atoms with van der Waals surface area (Å²) in [6.45, 7) is 1.13. The van der Waals surface area contributed by atoms with Gasteiger partial charge in [0.1, 0.15) is 110 Å². The number of pyridine rings is 3. The Labute approximate surface area is 599 Å². The van der Waals surface area contributed by atoms with Crippen LogP contribution >= 0.6 is 11.6 Å². The molecule has 9 heterocycles. The minimum Gasteiger partial charge on any atom is -0.473 e. The number of fused-ring (bicyclic) bond motifs is 3. The summed E-state index contributed by atoms with van der Waals surface area (Å²) < 4.78 is 141. The van der Waals surface area contributed by atoms with E-state index >= 15 is 0 Å². The fraction of sp³-hybridized carbons (Fsp3) is 0.433. The van der Waals surface area contributed by atoms with Gasteiger partial charge in [-0.1, -0.05) is 11.6 Å². The smallest absolute Gasteiger partial charge is 0.415 e. The third-order valence-electron chi connectivity index (χ3n) is 15.2. The van der Waals surface area contributed by atoms with E-state index in [0.717, 1.165) is 59.8 Å². The van der Waals surface area contributed by atoms with Crippen LogP contribution in [0.1, 0.15) is 143 Å². The molecule has 9 aromatic rings. The standard InChI is InChI=1S/C24H28FN7O4.C19H20FN7O2.C16H19ClFN5O3.C8H10N2O/c1-24(2,3)36-23(34)31(4)19-11-18(28-16-6-5-9-26-22(16)35-13-7-8-13)30-20-14(12-27-32(19)20)21(33)29-17-10-15(17)25;1-21-16-8-15(24-13-3-2-6-22-19(13)29-10-4-5-10)26-17-11(9-23-27(16)17)18(28)25-14-7-12(14)20;1-16(2,3)26-15(25)22(4)12-6-11(17)21-13-8(7-19-23(12)13)14(24)20-10-5-9(10)18;9-7-2-1-5-10-8(7)11-6-3-4-6/h5-6,9,11-13,15,17H,7-8,10H2,1-4H3,(H,28,30)(H,29,33);2-3,6,8-10,12,14,21H,4-5,7H2,1H3,(H,24,26)(H,25,28);6-7,9-10H,5H2,1-4H3,(H,20,24);1-2,5-6H,3-4,9H2/t15-,17+;12-,14+;9-,10+;/m000./s1/i4D3;1D3;4D3;. The highest BCUT2D eigenvalue weighted by Gasteiger charge is 2.42. The van der Waals surface area contributed by atoms with Crippen LogP contribution in [0.15, 0.2) is 91.8 Å². The Morgan fingerprint density at radius 3 is 1.34 bits per heavy atom. The second-order valence-corrected chi connectivity index (χ2v) is 26.8. The van der Waals surface area contributed by atoms with E-state index in [-0.39, 0.29) is 99.3 Å². The SMILES string of the molecule is Nc1cccnc1OC1CC1.[2H]C([2H])([2H])N(C(=O)OC(C)(C)C)c1cc(Cl)nc2c(C(=O)N[C@@H]3C[C@@H]3F)cnn12.[2H]C([2H])([2H])N(C(=O)OC(C)(C)C)c1cc(Nc2cccnc2OC2CC2)nc2c(C(=O)N[C@@H]3C[C@@H]3F)cnn12.[2H]C([2H])([2H])Nc1cc(Nc2cccnc2OC2CC2)nc2c(C(=O)N[C@@H]3C[C@@H]3F)cnn12. The molecule has 6 atom stereocenters. The van der Waals surface area contributed by atoms with Gasteiger partial charge in [0, 0.05) is 89.3 Å². The Morgan fingerprint density at radius 2 is 0.941 bits per heavy atom. The number of ether oxygens (including phenoxy) is 5. The van der Waals surface area contributed by atoms with Crippen LogP contribution in [-0.2, 0) is 9.47 Å². The molecule has 0 saturated heterocycles. The Morgan fingerprint density at radius 1 is 0.559 bits per heavy atom. The summed E-state index contributed by atoms with van der Waals surface area (Å²) in [7, 11) is 0. The number of carbonyl (C=O) groups excluding carboxylic acids is 5. The fourth-order valence-electron chi connectivity index (χ4n) is 9.29. The monoisotopic (exact) mass is 1440 g/mol. The second kappa shape index (κ2) is 29.3. The minimum absolute atomic E-state index is 0.0330. The zero-order chi connectivity index (χ0) is 80.0. The Balaban J connectivity index is 0.000000146. The molecule has 6 aliphatic rings. The molecule has 9 aromatic heterocycles. The number of anilines is 8. The van der Waals surface area contributed by atoms with Gasteiger partial charge in [0.05, 0.1) is 42.4 Å². The summed E-state index contributed by atoms with van der Waals surface area (Å²) in [4.78, 5) is 90.0. The maximum absolute atomic E-state index is 13.5. The summed E-state index contributed by atoms with van der Waals surface area (Å²) in [5.74, 6) is -0.582. The number of nitrogens with zero attached hydrogens (tertiary/aromatic N) is 14. The van der Waals surface area contributed by atoms with Crippen molar-refractivity contribution in [2.45, 2.75) is 165 Å². The zero-order valence-electron chi connectivity index (χ0n) is 64.7. The number of nitrogens with two attached hydrogens (primary N) is 1. The van der Waals surface area contributed by atoms with Gasteiger partial charge in [-0.05, 0) is 116 Å². The molecular weight excluding hydrogens is 1350 g/mol. The van der Waals surface area contributed by atoms with Crippen molar-refractivity contribution in [1.29, 1.82) is 0 Å². The zero-order valence-corrected chi connectivity index (χ0v) is 56.4. The molecule has 6 aliphatic carbocycles. The average molecular weight is 1440 g/mol. The lowest BCUT2D eigenvalue weighted by Crippen LogP contribution is -2.35. The molecule has 102 heavy (non-hydrogen) atoms. The topological polar surface area (TPSA) is 365 Å². The van der Waals surface area contributed by atoms with Gasteiger partial charge in [0.15, 0.2) is 16.9 Å². The van der Waals surface area contributed by atoms with Crippen LogP contribution in [0.25, 0.3) is 16.9 Å². The van der Waals surface area contributed by atoms with Gasteiger partial charge in [-0.2, -0.15) is 28.8 Å². The first-order valence-corrected chi connectivity index (χ1v) is 32.7. The molecule has 0 aromatic carbocycles. The predicted molar refractivity (Wildman–Crippen MR) is 370 cm³/mol. The van der Waals surface area contributed by atoms with Crippen LogP contribution in [0.3, 0.4) is 0 Å². The van der Waals surface area contributed by atoms with Crippen molar-refractivity contribution < 1.29 is 73.2 Å². The van der Waals surface area contributed by atoms with Gasteiger partial charge in [0.25, 0.3) is 17.7 Å². The Hall–Kier alpha value is -11.1. The normalized spacial score (nSPS) is 20.9. The number of hydrogen-bond donors (Lipinski definition) is 7. The quantitative estimate of drug-likeness (QED) is 0.0370. The largest absolute Gasteiger partial charge is 0.473 e. The van der Waals surface area contributed by atoms with Crippen LogP contribution in [-0.4, -0.2) is 176 Å². The number of nitrogen functional groups attached to an aromatic ring is 1. The Bertz CT molecular complexity index is 4980. The lowest BCUT2D eigenvalue weighted by molar-refractivity contribution is 0.0577. The Kier molecular flexibility index (Phi) is 17.1. The van der Waals surface area contributed by atoms with E-state index in [1.165, 1.54) is 29.0 Å². The van der Waals surface area contributed by atoms with E-state index in [2.05, 4.69) is 77.1 Å². The van der Waals surface area contributed by atoms with E-state index < -0.39 is 98.7 Å². The number of rotatable bonds is 19. The molecule has 0 radical (unpaired) electrons. The molecule has 35 heteroatoms. The predicted octanol–water partition coefficient (Wildman–Crippen LogP) is 9.71. The van der Waals surface area contributed by atoms with E-state index in [1.807, 2.05) is 0 Å². The van der Waals surface area contributed by atoms with E-state index in [0.29, 0.717) is 50.6 Å². The number of alkyl halides is 3. The third kappa shape index (κ3) is 17.9. The summed E-state index contributed by atoms with van der Waals surface area (Å²) in [6, 6.07) is 12.6. The highest BCUT2D eigenvalue weighted by molar-refractivity contribution is 6.30. The maximum atomic E-state index is 13.5. The molecule has 538 valence electrons. The van der Waals surface area contributed by atoms with Crippen LogP contribution in [0.2, 0.25) is 5.15 Å². The fourth-order valence-corrected chi connectivity index (χ4v) is 9.47. The van der Waals surface area contributed by atoms with Gasteiger partial charge in [-0.3, -0.25) is 24.2 Å². The maximum Gasteiger partial charge on any atom is 0.415 e. The van der Waals surface area contributed by atoms with Crippen LogP contribution in [0.5, 0.6) is 17.6 Å². The second-order valence-electron chi connectivity index (χ2n) is 26.4. The van der Waals surface area contributed by atoms with Crippen molar-refractivity contribution in [2.75, 3.05) is 52.4 Å². The van der Waals surface area contributed by atoms with Gasteiger partial charge in [-0.15, -0.1) is 0 Å². The van der Waals surface area contributed by atoms with E-state index in [1.54, 1.807) is 96.5 Å². The molecule has 15 rings (SSSR count). The van der Waals surface area contributed by atoms with Crippen LogP contribution in [0, 0.1) is 0 Å². The average Bonchev–Trinajstić information content (AvgIpc) is 1.68. The summed E-state index contributed by atoms with van der Waals surface area (Å²) in [5.41, 5.74) is 5.25. The molecule has 0 bridgehead atoms. The van der Waals surface area contributed by atoms with Crippen LogP contribution in [0.4, 0.5) is 68.9 Å². The molecule has 0 unspecified atom stereocenters. The van der Waals surface area contributed by atoms with Crippen molar-refractivity contribution in [3.63, 3.8) is 0 Å². The van der Waals surface area contributed by atoms with Gasteiger partial charge in [0.2, 0.25) is 17.6 Å². The van der Waals surface area contributed by atoms with Crippen molar-refractivity contribution in [3.8, 4) is 17.6 Å². The van der Waals surface area contributed by atoms with Crippen molar-refractivity contribution >= 4 is 105 Å². The van der Waals surface area contributed by atoms with Crippen molar-refractivity contribution in [2.24, 2.45) is 0 Å². The van der Waals surface area contributed by atoms with Gasteiger partial charge in [-0.25, -0.2) is 52.7 Å². The molecule has 6 saturated carbocycles. The molecule has 8 N–H and O–H groups in total.